The molecule has 3 atom stereocenters. The topological polar surface area (TPSA) is 64.6 Å². The Hall–Kier alpha value is -0.810. The SMILES string of the molecule is CCCC(O)CNC(=O)NC1CCCC(N(C)C)C1. The Balaban J connectivity index is 2.24. The standard InChI is InChI=1S/C14H29N3O2/c1-4-6-13(18)10-15-14(19)16-11-7-5-8-12(9-11)17(2)3/h11-13,18H,4-10H2,1-3H3,(H2,15,16,19). The van der Waals surface area contributed by atoms with Crippen LogP contribution >= 0.6 is 0 Å². The minimum Gasteiger partial charge on any atom is -0.391 e. The van der Waals surface area contributed by atoms with Crippen molar-refractivity contribution < 1.29 is 9.90 Å². The van der Waals surface area contributed by atoms with Gasteiger partial charge in [-0.1, -0.05) is 13.3 Å². The second-order valence-corrected chi connectivity index (χ2v) is 5.78. The van der Waals surface area contributed by atoms with Gasteiger partial charge in [-0.2, -0.15) is 0 Å². The maximum atomic E-state index is 11.7. The van der Waals surface area contributed by atoms with Crippen molar-refractivity contribution in [3.05, 3.63) is 0 Å². The highest BCUT2D eigenvalue weighted by Gasteiger charge is 2.24. The van der Waals surface area contributed by atoms with Gasteiger partial charge in [-0.3, -0.25) is 0 Å². The van der Waals surface area contributed by atoms with Gasteiger partial charge in [0, 0.05) is 18.6 Å². The molecule has 0 saturated heterocycles. The summed E-state index contributed by atoms with van der Waals surface area (Å²) in [6, 6.07) is 0.661. The molecule has 1 fully saturated rings. The molecular formula is C14H29N3O2. The molecule has 0 aromatic heterocycles. The normalized spacial score (nSPS) is 25.1. The Morgan fingerprint density at radius 1 is 1.42 bits per heavy atom. The van der Waals surface area contributed by atoms with Crippen LogP contribution in [-0.4, -0.2) is 54.9 Å². The zero-order chi connectivity index (χ0) is 14.3. The molecule has 0 aliphatic heterocycles. The van der Waals surface area contributed by atoms with Crippen molar-refractivity contribution in [2.24, 2.45) is 0 Å². The molecule has 0 bridgehead atoms. The lowest BCUT2D eigenvalue weighted by Crippen LogP contribution is -2.48. The summed E-state index contributed by atoms with van der Waals surface area (Å²) in [6.07, 6.45) is 5.66. The van der Waals surface area contributed by atoms with E-state index >= 15 is 0 Å². The summed E-state index contributed by atoms with van der Waals surface area (Å²) in [5.74, 6) is 0. The van der Waals surface area contributed by atoms with Gasteiger partial charge in [0.05, 0.1) is 6.10 Å². The van der Waals surface area contributed by atoms with E-state index in [0.717, 1.165) is 32.1 Å². The van der Waals surface area contributed by atoms with Crippen LogP contribution in [0.2, 0.25) is 0 Å². The lowest BCUT2D eigenvalue weighted by molar-refractivity contribution is 0.157. The van der Waals surface area contributed by atoms with Gasteiger partial charge in [-0.25, -0.2) is 4.79 Å². The number of hydrogen-bond acceptors (Lipinski definition) is 3. The Bertz CT molecular complexity index is 271. The van der Waals surface area contributed by atoms with E-state index in [1.807, 2.05) is 6.92 Å². The summed E-state index contributed by atoms with van der Waals surface area (Å²) in [7, 11) is 4.18. The summed E-state index contributed by atoms with van der Waals surface area (Å²) in [5.41, 5.74) is 0. The summed E-state index contributed by atoms with van der Waals surface area (Å²) < 4.78 is 0. The van der Waals surface area contributed by atoms with E-state index in [9.17, 15) is 9.90 Å². The molecule has 1 aliphatic carbocycles. The number of aliphatic hydroxyl groups is 1. The molecule has 3 N–H and O–H groups in total. The van der Waals surface area contributed by atoms with Gasteiger partial charge in [-0.05, 0) is 46.2 Å². The Morgan fingerprint density at radius 2 is 2.16 bits per heavy atom. The molecule has 5 heteroatoms. The number of urea groups is 1. The van der Waals surface area contributed by atoms with E-state index in [2.05, 4.69) is 29.6 Å². The number of carbonyl (C=O) groups excluding carboxylic acids is 1. The number of aliphatic hydroxyl groups excluding tert-OH is 1. The van der Waals surface area contributed by atoms with Crippen molar-refractivity contribution in [3.63, 3.8) is 0 Å². The molecule has 0 spiro atoms. The molecule has 0 heterocycles. The number of nitrogens with zero attached hydrogens (tertiary/aromatic N) is 1. The van der Waals surface area contributed by atoms with Crippen LogP contribution in [0, 0.1) is 0 Å². The fourth-order valence-electron chi connectivity index (χ4n) is 2.65. The average molecular weight is 271 g/mol. The summed E-state index contributed by atoms with van der Waals surface area (Å²) in [6.45, 7) is 2.36. The Labute approximate surface area is 116 Å². The Kier molecular flexibility index (Phi) is 7.16. The van der Waals surface area contributed by atoms with Crippen LogP contribution in [0.5, 0.6) is 0 Å². The van der Waals surface area contributed by atoms with E-state index in [4.69, 9.17) is 0 Å². The zero-order valence-electron chi connectivity index (χ0n) is 12.5. The second kappa shape index (κ2) is 8.38. The monoisotopic (exact) mass is 271 g/mol. The molecule has 1 aliphatic rings. The average Bonchev–Trinajstić information content (AvgIpc) is 2.37. The first-order valence-electron chi connectivity index (χ1n) is 7.41. The van der Waals surface area contributed by atoms with Crippen LogP contribution in [-0.2, 0) is 0 Å². The fourth-order valence-corrected chi connectivity index (χ4v) is 2.65. The van der Waals surface area contributed by atoms with Gasteiger partial charge < -0.3 is 20.6 Å². The van der Waals surface area contributed by atoms with E-state index < -0.39 is 6.10 Å². The number of nitrogens with one attached hydrogen (secondary N) is 2. The molecule has 1 saturated carbocycles. The molecule has 0 aromatic rings. The predicted octanol–water partition coefficient (Wildman–Crippen LogP) is 1.32. The highest BCUT2D eigenvalue weighted by atomic mass is 16.3. The summed E-state index contributed by atoms with van der Waals surface area (Å²) in [5, 5.41) is 15.3. The number of carbonyl (C=O) groups is 1. The summed E-state index contributed by atoms with van der Waals surface area (Å²) in [4.78, 5) is 14.0. The first-order valence-corrected chi connectivity index (χ1v) is 7.41. The molecule has 19 heavy (non-hydrogen) atoms. The van der Waals surface area contributed by atoms with Gasteiger partial charge in [0.1, 0.15) is 0 Å². The molecule has 5 nitrogen and oxygen atoms in total. The van der Waals surface area contributed by atoms with Crippen LogP contribution in [0.15, 0.2) is 0 Å². The van der Waals surface area contributed by atoms with E-state index in [0.29, 0.717) is 12.6 Å². The van der Waals surface area contributed by atoms with Crippen molar-refractivity contribution in [1.82, 2.24) is 15.5 Å². The minimum absolute atomic E-state index is 0.153. The molecule has 112 valence electrons. The highest BCUT2D eigenvalue weighted by molar-refractivity contribution is 5.74. The summed E-state index contributed by atoms with van der Waals surface area (Å²) >= 11 is 0. The molecule has 1 rings (SSSR count). The van der Waals surface area contributed by atoms with Crippen molar-refractivity contribution >= 4 is 6.03 Å². The Morgan fingerprint density at radius 3 is 2.79 bits per heavy atom. The van der Waals surface area contributed by atoms with E-state index in [1.165, 1.54) is 6.42 Å². The number of rotatable bonds is 6. The van der Waals surface area contributed by atoms with Gasteiger partial charge in [0.15, 0.2) is 0 Å². The predicted molar refractivity (Wildman–Crippen MR) is 77.2 cm³/mol. The number of amides is 2. The minimum atomic E-state index is -0.434. The molecule has 0 aromatic carbocycles. The molecular weight excluding hydrogens is 242 g/mol. The van der Waals surface area contributed by atoms with Crippen LogP contribution in [0.25, 0.3) is 0 Å². The quantitative estimate of drug-likeness (QED) is 0.682. The van der Waals surface area contributed by atoms with E-state index in [1.54, 1.807) is 0 Å². The lowest BCUT2D eigenvalue weighted by Gasteiger charge is -2.33. The first kappa shape index (κ1) is 16.2. The largest absolute Gasteiger partial charge is 0.391 e. The van der Waals surface area contributed by atoms with Crippen LogP contribution in [0.4, 0.5) is 4.79 Å². The smallest absolute Gasteiger partial charge is 0.315 e. The van der Waals surface area contributed by atoms with Gasteiger partial charge in [0.2, 0.25) is 0 Å². The first-order chi connectivity index (χ1) is 9.02. The fraction of sp³-hybridized carbons (Fsp3) is 0.929. The molecule has 3 unspecified atom stereocenters. The van der Waals surface area contributed by atoms with Crippen LogP contribution in [0.3, 0.4) is 0 Å². The van der Waals surface area contributed by atoms with Gasteiger partial charge in [-0.15, -0.1) is 0 Å². The van der Waals surface area contributed by atoms with Gasteiger partial charge in [0.25, 0.3) is 0 Å². The molecule has 0 radical (unpaired) electrons. The maximum absolute atomic E-state index is 11.7. The van der Waals surface area contributed by atoms with E-state index in [-0.39, 0.29) is 12.1 Å². The lowest BCUT2D eigenvalue weighted by atomic mass is 9.90. The van der Waals surface area contributed by atoms with Crippen molar-refractivity contribution in [1.29, 1.82) is 0 Å². The van der Waals surface area contributed by atoms with Crippen LogP contribution < -0.4 is 10.6 Å². The molecule has 2 amide bonds. The van der Waals surface area contributed by atoms with Crippen molar-refractivity contribution in [2.75, 3.05) is 20.6 Å². The van der Waals surface area contributed by atoms with Crippen LogP contribution in [0.1, 0.15) is 45.4 Å². The third-order valence-corrected chi connectivity index (χ3v) is 3.83. The highest BCUT2D eigenvalue weighted by Crippen LogP contribution is 2.21. The zero-order valence-corrected chi connectivity index (χ0v) is 12.5. The number of hydrogen-bond donors (Lipinski definition) is 3. The van der Waals surface area contributed by atoms with Gasteiger partial charge >= 0.3 is 6.03 Å². The third kappa shape index (κ3) is 6.25. The van der Waals surface area contributed by atoms with Crippen molar-refractivity contribution in [2.45, 2.75) is 63.6 Å². The van der Waals surface area contributed by atoms with Crippen molar-refractivity contribution in [3.8, 4) is 0 Å². The third-order valence-electron chi connectivity index (χ3n) is 3.83. The maximum Gasteiger partial charge on any atom is 0.315 e. The second-order valence-electron chi connectivity index (χ2n) is 5.78.